The number of nitrogens with two attached hydrogens (primary N) is 2. The molecule has 5 heterocycles. The van der Waals surface area contributed by atoms with Crippen LogP contribution in [-0.2, 0) is 23.9 Å². The molecule has 1 unspecified atom stereocenters. The summed E-state index contributed by atoms with van der Waals surface area (Å²) in [5.41, 5.74) is 4.41. The number of hydrogen-bond acceptors (Lipinski definition) is 16. The van der Waals surface area contributed by atoms with Crippen LogP contribution in [0.3, 0.4) is 0 Å². The first-order chi connectivity index (χ1) is 38.0. The summed E-state index contributed by atoms with van der Waals surface area (Å²) in [5, 5.41) is 14.4. The Labute approximate surface area is 478 Å². The molecule has 0 spiro atoms. The molecule has 80 heavy (non-hydrogen) atoms. The Morgan fingerprint density at radius 2 is 1.54 bits per heavy atom. The molecule has 2 aliphatic heterocycles. The lowest BCUT2D eigenvalue weighted by Crippen LogP contribution is -2.64. The van der Waals surface area contributed by atoms with Crippen LogP contribution in [0.15, 0.2) is 67.4 Å². The van der Waals surface area contributed by atoms with Crippen molar-refractivity contribution >= 4 is 81.6 Å². The molecular formula is C55H79Cl2N15O8. The topological polar surface area (TPSA) is 292 Å². The summed E-state index contributed by atoms with van der Waals surface area (Å²) in [6, 6.07) is 11.9. The van der Waals surface area contributed by atoms with Crippen molar-refractivity contribution in [3.8, 4) is 0 Å². The minimum atomic E-state index is -1.26. The van der Waals surface area contributed by atoms with Gasteiger partial charge in [-0.25, -0.2) is 30.4 Å². The van der Waals surface area contributed by atoms with Gasteiger partial charge in [-0.2, -0.15) is 0 Å². The van der Waals surface area contributed by atoms with Gasteiger partial charge in [0.15, 0.2) is 5.15 Å². The molecule has 0 aliphatic carbocycles. The first-order valence-electron chi connectivity index (χ1n) is 27.2. The summed E-state index contributed by atoms with van der Waals surface area (Å²) in [5.74, 6) is 5.45. The number of anilines is 2. The van der Waals surface area contributed by atoms with Gasteiger partial charge in [-0.05, 0) is 110 Å². The Kier molecular flexibility index (Phi) is 22.5. The Hall–Kier alpha value is -6.95. The highest BCUT2D eigenvalue weighted by Gasteiger charge is 2.45. The van der Waals surface area contributed by atoms with Crippen LogP contribution in [-0.4, -0.2) is 164 Å². The molecule has 0 saturated carbocycles. The number of fused-ring (bicyclic) bond motifs is 1. The smallest absolute Gasteiger partial charge is 0.410 e. The van der Waals surface area contributed by atoms with E-state index in [9.17, 15) is 28.8 Å². The average molecular weight is 1150 g/mol. The molecule has 436 valence electrons. The van der Waals surface area contributed by atoms with E-state index in [0.717, 1.165) is 54.5 Å². The van der Waals surface area contributed by atoms with E-state index in [-0.39, 0.29) is 48.0 Å². The third-order valence-corrected chi connectivity index (χ3v) is 14.1. The van der Waals surface area contributed by atoms with Gasteiger partial charge in [0.2, 0.25) is 17.7 Å². The predicted octanol–water partition coefficient (Wildman–Crippen LogP) is 6.47. The van der Waals surface area contributed by atoms with E-state index in [2.05, 4.69) is 51.0 Å². The van der Waals surface area contributed by atoms with Crippen LogP contribution in [0, 0.1) is 0 Å². The molecule has 25 heteroatoms. The van der Waals surface area contributed by atoms with Crippen LogP contribution >= 0.6 is 23.2 Å². The molecule has 2 fully saturated rings. The number of pyridine rings is 1. The number of alkyl carbamates (subject to hydrolysis) is 1. The summed E-state index contributed by atoms with van der Waals surface area (Å²) >= 11 is 12.7. The van der Waals surface area contributed by atoms with Crippen molar-refractivity contribution in [3.63, 3.8) is 0 Å². The highest BCUT2D eigenvalue weighted by Crippen LogP contribution is 2.32. The molecule has 1 aromatic carbocycles. The lowest BCUT2D eigenvalue weighted by Gasteiger charge is -2.42. The molecule has 4 aromatic rings. The van der Waals surface area contributed by atoms with Crippen molar-refractivity contribution in [2.45, 2.75) is 122 Å². The quantitative estimate of drug-likeness (QED) is 0.0171. The number of amides is 6. The van der Waals surface area contributed by atoms with E-state index in [1.165, 1.54) is 40.8 Å². The Bertz CT molecular complexity index is 2750. The molecule has 9 N–H and O–H groups in total. The number of nitrogens with zero attached hydrogens (tertiary/aromatic N) is 8. The number of H-pyrrole nitrogens is 1. The number of aromatic amines is 1. The van der Waals surface area contributed by atoms with E-state index < -0.39 is 46.8 Å². The standard InChI is InChI=1S/C55H79Cl2N15O8/c1-53(2,3)79-51(77)67-55(21-27-70(28-22-55)48-40-19-25-60-47(40)62-37-63-48)50(76)66-41(38-13-15-39(56)16-14-38)20-26-68-30-32-69(33-31-68)45(74)12-10-8-7-9-11-24-61-49(75)43-18-17-42(46(57)65-43)64-44(73)36-71(34-35-72(59)29-23-58)52(78)80-54(4,5)6/h13-19,23,25,29,37,41H,7-12,20-22,24,26-28,30-36,58-59H2,1-6H3,(H,61,75)(H,64,73)(H,66,76)(H,67,77)(H,60,62,63)/b29-23+. The predicted molar refractivity (Wildman–Crippen MR) is 307 cm³/mol. The van der Waals surface area contributed by atoms with Crippen molar-refractivity contribution in [3.05, 3.63) is 88.8 Å². The zero-order valence-electron chi connectivity index (χ0n) is 46.8. The first kappa shape index (κ1) is 62.3. The van der Waals surface area contributed by atoms with Crippen LogP contribution in [0.4, 0.5) is 21.1 Å². The maximum absolute atomic E-state index is 14.7. The molecule has 23 nitrogen and oxygen atoms in total. The molecule has 3 aromatic heterocycles. The fourth-order valence-electron chi connectivity index (χ4n) is 9.35. The number of carbonyl (C=O) groups is 6. The van der Waals surface area contributed by atoms with Gasteiger partial charge in [0.05, 0.1) is 23.7 Å². The van der Waals surface area contributed by atoms with Crippen LogP contribution in [0.25, 0.3) is 11.0 Å². The van der Waals surface area contributed by atoms with E-state index in [1.807, 2.05) is 29.3 Å². The van der Waals surface area contributed by atoms with Gasteiger partial charge in [-0.15, -0.1) is 0 Å². The number of hydrogen-bond donors (Lipinski definition) is 7. The number of hydrazine groups is 1. The zero-order valence-corrected chi connectivity index (χ0v) is 48.3. The third kappa shape index (κ3) is 19.1. The molecule has 6 amide bonds. The van der Waals surface area contributed by atoms with E-state index in [4.69, 9.17) is 44.3 Å². The van der Waals surface area contributed by atoms with Crippen molar-refractivity contribution in [1.29, 1.82) is 0 Å². The summed E-state index contributed by atoms with van der Waals surface area (Å²) in [6.45, 7) is 15.0. The van der Waals surface area contributed by atoms with Gasteiger partial charge in [0.25, 0.3) is 5.91 Å². The maximum atomic E-state index is 14.7. The Morgan fingerprint density at radius 3 is 2.21 bits per heavy atom. The normalized spacial score (nSPS) is 15.3. The van der Waals surface area contributed by atoms with Gasteiger partial charge in [-0.1, -0.05) is 54.6 Å². The fourth-order valence-corrected chi connectivity index (χ4v) is 9.67. The minimum Gasteiger partial charge on any atom is -0.444 e. The van der Waals surface area contributed by atoms with Gasteiger partial charge >= 0.3 is 12.2 Å². The highest BCUT2D eigenvalue weighted by molar-refractivity contribution is 6.32. The first-order valence-corrected chi connectivity index (χ1v) is 28.0. The van der Waals surface area contributed by atoms with Crippen LogP contribution < -0.4 is 37.7 Å². The van der Waals surface area contributed by atoms with Crippen molar-refractivity contribution in [1.82, 2.24) is 55.6 Å². The lowest BCUT2D eigenvalue weighted by molar-refractivity contribution is -0.133. The molecule has 6 rings (SSSR count). The number of rotatable bonds is 24. The van der Waals surface area contributed by atoms with Gasteiger partial charge < -0.3 is 56.3 Å². The summed E-state index contributed by atoms with van der Waals surface area (Å²) in [7, 11) is 0. The number of unbranched alkanes of at least 4 members (excludes halogenated alkanes) is 4. The lowest BCUT2D eigenvalue weighted by atomic mass is 9.85. The molecular weight excluding hydrogens is 1070 g/mol. The molecule has 1 atom stereocenters. The SMILES string of the molecule is CC(C)(C)OC(=O)NC1(C(=O)NC(CCN2CCN(C(=O)CCCCCCCNC(=O)c3ccc(NC(=O)CN(CCN(N)/C=C/N)C(=O)OC(C)(C)C)c(Cl)n3)CC2)c2ccc(Cl)cc2)CCN(c2ncnc3[nH]ccc23)CC1. The van der Waals surface area contributed by atoms with Gasteiger partial charge in [0.1, 0.15) is 46.8 Å². The minimum absolute atomic E-state index is 0.0608. The van der Waals surface area contributed by atoms with Crippen LogP contribution in [0.5, 0.6) is 0 Å². The van der Waals surface area contributed by atoms with Crippen molar-refractivity contribution < 1.29 is 38.2 Å². The zero-order chi connectivity index (χ0) is 58.0. The number of nitrogens with one attached hydrogen (secondary N) is 5. The highest BCUT2D eigenvalue weighted by atomic mass is 35.5. The van der Waals surface area contributed by atoms with Gasteiger partial charge in [0, 0.05) is 88.9 Å². The molecule has 2 saturated heterocycles. The van der Waals surface area contributed by atoms with Crippen molar-refractivity contribution in [2.24, 2.45) is 11.6 Å². The number of carbonyl (C=O) groups excluding carboxylic acids is 6. The Morgan fingerprint density at radius 1 is 0.850 bits per heavy atom. The second kappa shape index (κ2) is 29.0. The fraction of sp³-hybridized carbons (Fsp3) is 0.545. The number of halogens is 2. The van der Waals surface area contributed by atoms with E-state index in [1.54, 1.807) is 53.7 Å². The average Bonchev–Trinajstić information content (AvgIpc) is 3.97. The monoisotopic (exact) mass is 1150 g/mol. The summed E-state index contributed by atoms with van der Waals surface area (Å²) < 4.78 is 11.1. The summed E-state index contributed by atoms with van der Waals surface area (Å²) in [4.78, 5) is 104. The number of piperazine rings is 1. The number of ether oxygens (including phenoxy) is 2. The Balaban J connectivity index is 0.901. The summed E-state index contributed by atoms with van der Waals surface area (Å²) in [6.07, 6.45) is 10.4. The van der Waals surface area contributed by atoms with Crippen LogP contribution in [0.1, 0.15) is 121 Å². The van der Waals surface area contributed by atoms with Crippen molar-refractivity contribution in [2.75, 3.05) is 82.2 Å². The largest absolute Gasteiger partial charge is 0.444 e. The maximum Gasteiger partial charge on any atom is 0.410 e. The van der Waals surface area contributed by atoms with E-state index >= 15 is 0 Å². The number of piperidine rings is 1. The second-order valence-corrected chi connectivity index (χ2v) is 22.9. The third-order valence-electron chi connectivity index (χ3n) is 13.6. The van der Waals surface area contributed by atoms with Crippen LogP contribution in [0.2, 0.25) is 10.2 Å². The second-order valence-electron chi connectivity index (χ2n) is 22.1. The van der Waals surface area contributed by atoms with E-state index in [0.29, 0.717) is 83.1 Å². The molecule has 0 radical (unpaired) electrons. The number of aromatic nitrogens is 4. The molecule has 2 aliphatic rings. The molecule has 0 bridgehead atoms. The van der Waals surface area contributed by atoms with Gasteiger partial charge in [-0.3, -0.25) is 29.0 Å². The number of benzene rings is 1.